The molecule has 1 rings (SSSR count). The highest BCUT2D eigenvalue weighted by molar-refractivity contribution is 4.84. The standard InChI is InChI=1S/C4H4O2/c1-4-5-2-3-6-4/h2-3H,1H2. The van der Waals surface area contributed by atoms with Gasteiger partial charge in [0.15, 0.2) is 0 Å². The van der Waals surface area contributed by atoms with E-state index in [1.54, 1.807) is 0 Å². The van der Waals surface area contributed by atoms with E-state index in [1.807, 2.05) is 0 Å². The lowest BCUT2D eigenvalue weighted by molar-refractivity contribution is 0.204. The first-order valence-corrected chi connectivity index (χ1v) is 1.57. The average molecular weight is 84.1 g/mol. The van der Waals surface area contributed by atoms with Crippen molar-refractivity contribution in [1.29, 1.82) is 0 Å². The largest absolute Gasteiger partial charge is 0.431 e. The molecule has 0 fully saturated rings. The molecule has 0 saturated carbocycles. The molecule has 0 aliphatic carbocycles. The summed E-state index contributed by atoms with van der Waals surface area (Å²) in [5.74, 6) is 0.343. The molecule has 1 heterocycles. The van der Waals surface area contributed by atoms with Gasteiger partial charge in [-0.1, -0.05) is 0 Å². The average Bonchev–Trinajstić information content (AvgIpc) is 1.86. The summed E-state index contributed by atoms with van der Waals surface area (Å²) in [6.07, 6.45) is 2.87. The Morgan fingerprint density at radius 2 is 1.83 bits per heavy atom. The van der Waals surface area contributed by atoms with Crippen LogP contribution in [-0.4, -0.2) is 0 Å². The minimum absolute atomic E-state index is 0.343. The Bertz CT molecular complexity index is 83.7. The van der Waals surface area contributed by atoms with Gasteiger partial charge in [-0.05, 0) is 6.58 Å². The first kappa shape index (κ1) is 3.28. The van der Waals surface area contributed by atoms with Gasteiger partial charge in [0, 0.05) is 0 Å². The van der Waals surface area contributed by atoms with Crippen LogP contribution in [0.4, 0.5) is 0 Å². The predicted octanol–water partition coefficient (Wildman–Crippen LogP) is 0.976. The van der Waals surface area contributed by atoms with Crippen molar-refractivity contribution < 1.29 is 9.47 Å². The van der Waals surface area contributed by atoms with Gasteiger partial charge in [-0.2, -0.15) is 0 Å². The second-order valence-electron chi connectivity index (χ2n) is 0.880. The molecule has 6 heavy (non-hydrogen) atoms. The molecule has 2 nitrogen and oxygen atoms in total. The van der Waals surface area contributed by atoms with Crippen LogP contribution in [0.3, 0.4) is 0 Å². The Labute approximate surface area is 35.7 Å². The molecule has 1 aliphatic rings. The van der Waals surface area contributed by atoms with E-state index in [4.69, 9.17) is 0 Å². The maximum atomic E-state index is 4.56. The lowest BCUT2D eigenvalue weighted by Gasteiger charge is -1.87. The van der Waals surface area contributed by atoms with Gasteiger partial charge in [0.1, 0.15) is 12.5 Å². The summed E-state index contributed by atoms with van der Waals surface area (Å²) in [4.78, 5) is 0. The smallest absolute Gasteiger partial charge is 0.281 e. The summed E-state index contributed by atoms with van der Waals surface area (Å²) in [5.41, 5.74) is 0. The van der Waals surface area contributed by atoms with Crippen LogP contribution in [0.2, 0.25) is 0 Å². The minimum atomic E-state index is 0.343. The van der Waals surface area contributed by atoms with Crippen molar-refractivity contribution in [3.05, 3.63) is 25.0 Å². The topological polar surface area (TPSA) is 18.5 Å². The fraction of sp³-hybridized carbons (Fsp3) is 0. The lowest BCUT2D eigenvalue weighted by Crippen LogP contribution is -1.71. The molecule has 0 atom stereocenters. The Balaban J connectivity index is 2.52. The molecule has 1 aliphatic heterocycles. The Morgan fingerprint density at radius 1 is 1.33 bits per heavy atom. The molecule has 0 saturated heterocycles. The molecule has 0 spiro atoms. The van der Waals surface area contributed by atoms with Crippen molar-refractivity contribution >= 4 is 0 Å². The van der Waals surface area contributed by atoms with E-state index >= 15 is 0 Å². The van der Waals surface area contributed by atoms with E-state index < -0.39 is 0 Å². The van der Waals surface area contributed by atoms with Crippen molar-refractivity contribution in [3.8, 4) is 0 Å². The molecule has 0 unspecified atom stereocenters. The van der Waals surface area contributed by atoms with Crippen molar-refractivity contribution in [1.82, 2.24) is 0 Å². The summed E-state index contributed by atoms with van der Waals surface area (Å²) < 4.78 is 9.11. The second-order valence-corrected chi connectivity index (χ2v) is 0.880. The Hall–Kier alpha value is -0.920. The van der Waals surface area contributed by atoms with E-state index in [-0.39, 0.29) is 0 Å². The van der Waals surface area contributed by atoms with Gasteiger partial charge < -0.3 is 9.47 Å². The van der Waals surface area contributed by atoms with Crippen molar-refractivity contribution in [2.75, 3.05) is 0 Å². The number of rotatable bonds is 0. The zero-order chi connectivity index (χ0) is 4.41. The van der Waals surface area contributed by atoms with Crippen LogP contribution in [0.25, 0.3) is 0 Å². The lowest BCUT2D eigenvalue weighted by atomic mass is 11.0. The van der Waals surface area contributed by atoms with Gasteiger partial charge in [0.2, 0.25) is 0 Å². The van der Waals surface area contributed by atoms with Crippen molar-refractivity contribution in [3.63, 3.8) is 0 Å². The number of hydrogen-bond donors (Lipinski definition) is 0. The van der Waals surface area contributed by atoms with Gasteiger partial charge in [0.25, 0.3) is 5.95 Å². The van der Waals surface area contributed by atoms with Crippen molar-refractivity contribution in [2.24, 2.45) is 0 Å². The van der Waals surface area contributed by atoms with Gasteiger partial charge in [-0.25, -0.2) is 0 Å². The number of hydrogen-bond acceptors (Lipinski definition) is 2. The molecule has 0 amide bonds. The summed E-state index contributed by atoms with van der Waals surface area (Å²) in [6, 6.07) is 0. The van der Waals surface area contributed by atoms with Crippen LogP contribution >= 0.6 is 0 Å². The molecule has 0 aromatic rings. The van der Waals surface area contributed by atoms with Gasteiger partial charge in [-0.3, -0.25) is 0 Å². The predicted molar refractivity (Wildman–Crippen MR) is 20.4 cm³/mol. The van der Waals surface area contributed by atoms with E-state index in [1.165, 1.54) is 12.5 Å². The highest BCUT2D eigenvalue weighted by atomic mass is 16.7. The van der Waals surface area contributed by atoms with E-state index in [2.05, 4.69) is 16.1 Å². The molecular formula is C4H4O2. The second kappa shape index (κ2) is 1.05. The molecule has 0 bridgehead atoms. The fourth-order valence-corrected chi connectivity index (χ4v) is 0.235. The third-order valence-electron chi connectivity index (χ3n) is 0.455. The molecule has 0 N–H and O–H groups in total. The highest BCUT2D eigenvalue weighted by Crippen LogP contribution is 2.03. The minimum Gasteiger partial charge on any atom is -0.431 e. The molecule has 32 valence electrons. The quantitative estimate of drug-likeness (QED) is 0.435. The monoisotopic (exact) mass is 84.0 g/mol. The first-order chi connectivity index (χ1) is 2.89. The van der Waals surface area contributed by atoms with Gasteiger partial charge >= 0.3 is 0 Å². The van der Waals surface area contributed by atoms with Crippen LogP contribution in [0.5, 0.6) is 0 Å². The van der Waals surface area contributed by atoms with E-state index in [9.17, 15) is 0 Å². The number of ether oxygens (including phenoxy) is 2. The van der Waals surface area contributed by atoms with Crippen LogP contribution in [0.1, 0.15) is 0 Å². The van der Waals surface area contributed by atoms with Crippen LogP contribution in [0, 0.1) is 0 Å². The van der Waals surface area contributed by atoms with E-state index in [0.717, 1.165) is 0 Å². The first-order valence-electron chi connectivity index (χ1n) is 1.57. The van der Waals surface area contributed by atoms with Crippen LogP contribution in [0.15, 0.2) is 25.0 Å². The zero-order valence-electron chi connectivity index (χ0n) is 3.18. The maximum Gasteiger partial charge on any atom is 0.281 e. The van der Waals surface area contributed by atoms with Crippen LogP contribution < -0.4 is 0 Å². The Kier molecular flexibility index (Phi) is 0.572. The third kappa shape index (κ3) is 0.360. The van der Waals surface area contributed by atoms with Crippen molar-refractivity contribution in [2.45, 2.75) is 0 Å². The summed E-state index contributed by atoms with van der Waals surface area (Å²) >= 11 is 0. The normalized spacial score (nSPS) is 17.0. The zero-order valence-corrected chi connectivity index (χ0v) is 3.18. The van der Waals surface area contributed by atoms with E-state index in [0.29, 0.717) is 5.95 Å². The molecule has 2 heteroatoms. The third-order valence-corrected chi connectivity index (χ3v) is 0.455. The maximum absolute atomic E-state index is 4.56. The van der Waals surface area contributed by atoms with Gasteiger partial charge in [-0.15, -0.1) is 0 Å². The molecule has 0 radical (unpaired) electrons. The molecular weight excluding hydrogens is 80.0 g/mol. The summed E-state index contributed by atoms with van der Waals surface area (Å²) in [5, 5.41) is 0. The Morgan fingerprint density at radius 3 is 2.00 bits per heavy atom. The van der Waals surface area contributed by atoms with Gasteiger partial charge in [0.05, 0.1) is 0 Å². The highest BCUT2D eigenvalue weighted by Gasteiger charge is 1.93. The molecule has 0 aromatic heterocycles. The molecule has 0 aromatic carbocycles. The SMILES string of the molecule is C=C1OC=CO1. The van der Waals surface area contributed by atoms with Crippen LogP contribution in [-0.2, 0) is 9.47 Å². The summed E-state index contributed by atoms with van der Waals surface area (Å²) in [7, 11) is 0. The summed E-state index contributed by atoms with van der Waals surface area (Å²) in [6.45, 7) is 3.35. The fourth-order valence-electron chi connectivity index (χ4n) is 0.235.